The number of benzene rings is 1. The number of esters is 2. The standard InChI is InChI=1S/C12H10O4/c1-15-11(13)10-9(7-16-12(10)14)8-5-3-2-4-6-8/h2-6H,7H2,1H3. The smallest absolute Gasteiger partial charge is 0.346 e. The SMILES string of the molecule is COC(=O)C1=C(c2ccccc2)COC1=O. The zero-order valence-corrected chi connectivity index (χ0v) is 8.73. The van der Waals surface area contributed by atoms with Crippen LogP contribution < -0.4 is 0 Å². The molecule has 1 heterocycles. The number of methoxy groups -OCH3 is 1. The van der Waals surface area contributed by atoms with Gasteiger partial charge in [0.05, 0.1) is 7.11 Å². The molecule has 0 spiro atoms. The summed E-state index contributed by atoms with van der Waals surface area (Å²) >= 11 is 0. The van der Waals surface area contributed by atoms with Crippen molar-refractivity contribution in [3.63, 3.8) is 0 Å². The summed E-state index contributed by atoms with van der Waals surface area (Å²) in [5.41, 5.74) is 1.37. The molecule has 1 aromatic rings. The number of ether oxygens (including phenoxy) is 2. The Hall–Kier alpha value is -2.10. The molecule has 0 aromatic heterocycles. The Morgan fingerprint density at radius 3 is 2.62 bits per heavy atom. The normalized spacial score (nSPS) is 14.9. The second-order valence-corrected chi connectivity index (χ2v) is 3.29. The first-order valence-corrected chi connectivity index (χ1v) is 4.78. The molecule has 16 heavy (non-hydrogen) atoms. The summed E-state index contributed by atoms with van der Waals surface area (Å²) in [6, 6.07) is 9.17. The summed E-state index contributed by atoms with van der Waals surface area (Å²) in [5, 5.41) is 0. The van der Waals surface area contributed by atoms with E-state index in [-0.39, 0.29) is 12.2 Å². The van der Waals surface area contributed by atoms with Gasteiger partial charge in [-0.05, 0) is 5.56 Å². The Kier molecular flexibility index (Phi) is 2.72. The largest absolute Gasteiger partial charge is 0.465 e. The lowest BCUT2D eigenvalue weighted by molar-refractivity contribution is -0.143. The van der Waals surface area contributed by atoms with Crippen LogP contribution in [-0.4, -0.2) is 25.7 Å². The zero-order chi connectivity index (χ0) is 11.5. The van der Waals surface area contributed by atoms with Gasteiger partial charge >= 0.3 is 11.9 Å². The van der Waals surface area contributed by atoms with Crippen LogP contribution in [0.4, 0.5) is 0 Å². The number of cyclic esters (lactones) is 1. The van der Waals surface area contributed by atoms with Gasteiger partial charge in [-0.15, -0.1) is 0 Å². The van der Waals surface area contributed by atoms with Crippen LogP contribution in [0.5, 0.6) is 0 Å². The van der Waals surface area contributed by atoms with E-state index >= 15 is 0 Å². The van der Waals surface area contributed by atoms with E-state index < -0.39 is 11.9 Å². The van der Waals surface area contributed by atoms with Gasteiger partial charge in [0, 0.05) is 5.57 Å². The Labute approximate surface area is 92.5 Å². The highest BCUT2D eigenvalue weighted by atomic mass is 16.6. The molecule has 0 saturated carbocycles. The van der Waals surface area contributed by atoms with Crippen molar-refractivity contribution in [2.45, 2.75) is 0 Å². The van der Waals surface area contributed by atoms with E-state index in [0.717, 1.165) is 5.56 Å². The minimum atomic E-state index is -0.652. The molecule has 0 N–H and O–H groups in total. The molecule has 82 valence electrons. The van der Waals surface area contributed by atoms with E-state index in [1.807, 2.05) is 30.3 Å². The van der Waals surface area contributed by atoms with Crippen LogP contribution in [0.2, 0.25) is 0 Å². The molecule has 0 unspecified atom stereocenters. The highest BCUT2D eigenvalue weighted by Crippen LogP contribution is 2.26. The van der Waals surface area contributed by atoms with Crippen molar-refractivity contribution in [1.29, 1.82) is 0 Å². The molecule has 4 nitrogen and oxygen atoms in total. The molecule has 0 aliphatic carbocycles. The van der Waals surface area contributed by atoms with Gasteiger partial charge in [0.2, 0.25) is 0 Å². The monoisotopic (exact) mass is 218 g/mol. The fourth-order valence-electron chi connectivity index (χ4n) is 1.58. The molecule has 1 aliphatic rings. The predicted octanol–water partition coefficient (Wildman–Crippen LogP) is 1.17. The molecule has 0 radical (unpaired) electrons. The highest BCUT2D eigenvalue weighted by Gasteiger charge is 2.32. The number of carbonyl (C=O) groups is 2. The summed E-state index contributed by atoms with van der Waals surface area (Å²) in [4.78, 5) is 22.8. The Bertz CT molecular complexity index is 459. The van der Waals surface area contributed by atoms with Crippen molar-refractivity contribution in [3.8, 4) is 0 Å². The van der Waals surface area contributed by atoms with E-state index in [0.29, 0.717) is 5.57 Å². The molecule has 4 heteroatoms. The fourth-order valence-corrected chi connectivity index (χ4v) is 1.58. The van der Waals surface area contributed by atoms with Crippen molar-refractivity contribution in [1.82, 2.24) is 0 Å². The molecule has 0 fully saturated rings. The van der Waals surface area contributed by atoms with Gasteiger partial charge in [-0.2, -0.15) is 0 Å². The minimum Gasteiger partial charge on any atom is -0.465 e. The van der Waals surface area contributed by atoms with Crippen LogP contribution in [0.15, 0.2) is 35.9 Å². The van der Waals surface area contributed by atoms with Crippen LogP contribution in [0.3, 0.4) is 0 Å². The maximum atomic E-state index is 11.4. The van der Waals surface area contributed by atoms with Crippen LogP contribution in [0, 0.1) is 0 Å². The minimum absolute atomic E-state index is 0.00583. The van der Waals surface area contributed by atoms with E-state index in [2.05, 4.69) is 4.74 Å². The van der Waals surface area contributed by atoms with Crippen LogP contribution >= 0.6 is 0 Å². The topological polar surface area (TPSA) is 52.6 Å². The zero-order valence-electron chi connectivity index (χ0n) is 8.73. The Morgan fingerprint density at radius 2 is 2.00 bits per heavy atom. The average Bonchev–Trinajstić information content (AvgIpc) is 2.71. The first kappa shape index (κ1) is 10.4. The van der Waals surface area contributed by atoms with Gasteiger partial charge in [0.25, 0.3) is 0 Å². The summed E-state index contributed by atoms with van der Waals surface area (Å²) < 4.78 is 9.40. The van der Waals surface area contributed by atoms with Crippen molar-refractivity contribution in [3.05, 3.63) is 41.5 Å². The summed E-state index contributed by atoms with van der Waals surface area (Å²) in [6.07, 6.45) is 0. The van der Waals surface area contributed by atoms with Gasteiger partial charge in [-0.3, -0.25) is 0 Å². The molecule has 1 aromatic carbocycles. The summed E-state index contributed by atoms with van der Waals surface area (Å²) in [6.45, 7) is 0.118. The van der Waals surface area contributed by atoms with E-state index in [1.54, 1.807) is 0 Å². The maximum Gasteiger partial charge on any atom is 0.346 e. The predicted molar refractivity (Wildman–Crippen MR) is 56.3 cm³/mol. The molecule has 0 amide bonds. The second-order valence-electron chi connectivity index (χ2n) is 3.29. The third-order valence-electron chi connectivity index (χ3n) is 2.37. The Morgan fingerprint density at radius 1 is 1.31 bits per heavy atom. The van der Waals surface area contributed by atoms with E-state index in [1.165, 1.54) is 7.11 Å². The number of hydrogen-bond acceptors (Lipinski definition) is 4. The summed E-state index contributed by atoms with van der Waals surface area (Å²) in [7, 11) is 1.24. The van der Waals surface area contributed by atoms with E-state index in [4.69, 9.17) is 4.74 Å². The van der Waals surface area contributed by atoms with Gasteiger partial charge < -0.3 is 9.47 Å². The Balaban J connectivity index is 2.49. The average molecular weight is 218 g/mol. The fraction of sp³-hybridized carbons (Fsp3) is 0.167. The third-order valence-corrected chi connectivity index (χ3v) is 2.37. The third kappa shape index (κ3) is 1.69. The lowest BCUT2D eigenvalue weighted by Crippen LogP contribution is -2.12. The lowest BCUT2D eigenvalue weighted by atomic mass is 10.0. The number of rotatable bonds is 2. The van der Waals surface area contributed by atoms with Crippen LogP contribution in [0.1, 0.15) is 5.56 Å². The first-order valence-electron chi connectivity index (χ1n) is 4.78. The van der Waals surface area contributed by atoms with Crippen molar-refractivity contribution in [2.75, 3.05) is 13.7 Å². The molecular formula is C12H10O4. The highest BCUT2D eigenvalue weighted by molar-refractivity contribution is 6.22. The van der Waals surface area contributed by atoms with Crippen LogP contribution in [-0.2, 0) is 19.1 Å². The van der Waals surface area contributed by atoms with Crippen molar-refractivity contribution < 1.29 is 19.1 Å². The second kappa shape index (κ2) is 4.18. The van der Waals surface area contributed by atoms with Crippen LogP contribution in [0.25, 0.3) is 5.57 Å². The van der Waals surface area contributed by atoms with Gasteiger partial charge in [-0.25, -0.2) is 9.59 Å². The molecule has 1 aliphatic heterocycles. The molecule has 0 saturated heterocycles. The first-order chi connectivity index (χ1) is 7.74. The lowest BCUT2D eigenvalue weighted by Gasteiger charge is -2.01. The van der Waals surface area contributed by atoms with Gasteiger partial charge in [0.15, 0.2) is 5.57 Å². The van der Waals surface area contributed by atoms with Crippen molar-refractivity contribution >= 4 is 17.5 Å². The molecular weight excluding hydrogens is 208 g/mol. The van der Waals surface area contributed by atoms with Crippen molar-refractivity contribution in [2.24, 2.45) is 0 Å². The van der Waals surface area contributed by atoms with Gasteiger partial charge in [0.1, 0.15) is 6.61 Å². The molecule has 0 bridgehead atoms. The van der Waals surface area contributed by atoms with E-state index in [9.17, 15) is 9.59 Å². The molecule has 0 atom stereocenters. The quantitative estimate of drug-likeness (QED) is 0.552. The maximum absolute atomic E-state index is 11.4. The summed E-state index contributed by atoms with van der Waals surface area (Å²) in [5.74, 6) is -1.27. The molecule has 2 rings (SSSR count). The number of carbonyl (C=O) groups excluding carboxylic acids is 2. The van der Waals surface area contributed by atoms with Gasteiger partial charge in [-0.1, -0.05) is 30.3 Å². The number of hydrogen-bond donors (Lipinski definition) is 0.